The van der Waals surface area contributed by atoms with Crippen LogP contribution in [0.15, 0.2) is 18.2 Å². The summed E-state index contributed by atoms with van der Waals surface area (Å²) in [6, 6.07) is 5.04. The van der Waals surface area contributed by atoms with Gasteiger partial charge in [0, 0.05) is 18.6 Å². The zero-order valence-corrected chi connectivity index (χ0v) is 14.8. The van der Waals surface area contributed by atoms with Crippen LogP contribution >= 0.6 is 0 Å². The largest absolute Gasteiger partial charge is 0.481 e. The lowest BCUT2D eigenvalue weighted by molar-refractivity contribution is -0.139. The molecule has 0 spiro atoms. The minimum atomic E-state index is -0.896. The highest BCUT2D eigenvalue weighted by Gasteiger charge is 2.41. The van der Waals surface area contributed by atoms with Gasteiger partial charge in [-0.1, -0.05) is 12.1 Å². The number of imide groups is 1. The molecule has 3 rings (SSSR count). The molecule has 8 heteroatoms. The molecule has 3 amide bonds. The van der Waals surface area contributed by atoms with Crippen molar-refractivity contribution < 1.29 is 29.0 Å². The summed E-state index contributed by atoms with van der Waals surface area (Å²) in [6.45, 7) is 0.586. The number of carboxylic acids is 1. The van der Waals surface area contributed by atoms with E-state index in [4.69, 9.17) is 9.84 Å². The molecule has 0 saturated carbocycles. The van der Waals surface area contributed by atoms with E-state index >= 15 is 0 Å². The van der Waals surface area contributed by atoms with Crippen molar-refractivity contribution in [1.29, 1.82) is 0 Å². The van der Waals surface area contributed by atoms with Crippen LogP contribution in [0.2, 0.25) is 0 Å². The highest BCUT2D eigenvalue weighted by atomic mass is 16.5. The second-order valence-corrected chi connectivity index (χ2v) is 6.75. The third kappa shape index (κ3) is 4.33. The lowest BCUT2D eigenvalue weighted by Crippen LogP contribution is -2.45. The maximum Gasteiger partial charge on any atom is 0.305 e. The van der Waals surface area contributed by atoms with E-state index in [2.05, 4.69) is 10.6 Å². The summed E-state index contributed by atoms with van der Waals surface area (Å²) < 4.78 is 5.31. The molecule has 2 aliphatic rings. The molecule has 2 aliphatic heterocycles. The van der Waals surface area contributed by atoms with Crippen LogP contribution in [-0.2, 0) is 25.5 Å². The van der Waals surface area contributed by atoms with Crippen molar-refractivity contribution in [3.8, 4) is 0 Å². The van der Waals surface area contributed by atoms with Crippen LogP contribution in [0.5, 0.6) is 0 Å². The van der Waals surface area contributed by atoms with E-state index < -0.39 is 17.9 Å². The number of hydrogen-bond acceptors (Lipinski definition) is 5. The molecule has 2 heterocycles. The van der Waals surface area contributed by atoms with Crippen molar-refractivity contribution in [2.24, 2.45) is 5.92 Å². The molecular formula is C19H22N2O6. The number of hydrogen-bond donors (Lipinski definition) is 3. The van der Waals surface area contributed by atoms with Crippen LogP contribution in [0.1, 0.15) is 53.2 Å². The summed E-state index contributed by atoms with van der Waals surface area (Å²) in [5.74, 6) is -2.21. The Morgan fingerprint density at radius 3 is 2.78 bits per heavy atom. The fraction of sp³-hybridized carbons (Fsp3) is 0.474. The number of ether oxygens (including phenoxy) is 1. The van der Waals surface area contributed by atoms with E-state index in [0.29, 0.717) is 31.4 Å². The highest BCUT2D eigenvalue weighted by Crippen LogP contribution is 2.37. The summed E-state index contributed by atoms with van der Waals surface area (Å²) in [5.41, 5.74) is 2.35. The molecule has 1 saturated heterocycles. The number of benzene rings is 1. The minimum absolute atomic E-state index is 0.0310. The van der Waals surface area contributed by atoms with Gasteiger partial charge in [0.15, 0.2) is 0 Å². The maximum atomic E-state index is 12.3. The maximum absolute atomic E-state index is 12.3. The summed E-state index contributed by atoms with van der Waals surface area (Å²) in [5, 5.41) is 13.8. The zero-order chi connectivity index (χ0) is 19.4. The Kier molecular flexibility index (Phi) is 5.85. The van der Waals surface area contributed by atoms with Gasteiger partial charge in [0.1, 0.15) is 0 Å². The predicted octanol–water partition coefficient (Wildman–Crippen LogP) is 0.948. The van der Waals surface area contributed by atoms with E-state index in [1.807, 2.05) is 12.1 Å². The van der Waals surface area contributed by atoms with Gasteiger partial charge in [-0.15, -0.1) is 0 Å². The van der Waals surface area contributed by atoms with Gasteiger partial charge in [0.25, 0.3) is 5.91 Å². The van der Waals surface area contributed by atoms with Gasteiger partial charge in [0.05, 0.1) is 25.0 Å². The lowest BCUT2D eigenvalue weighted by atomic mass is 9.84. The van der Waals surface area contributed by atoms with Crippen LogP contribution in [0.3, 0.4) is 0 Å². The average molecular weight is 374 g/mol. The molecule has 27 heavy (non-hydrogen) atoms. The Morgan fingerprint density at radius 1 is 1.22 bits per heavy atom. The Labute approximate surface area is 156 Å². The number of rotatable bonds is 8. The average Bonchev–Trinajstić information content (AvgIpc) is 2.95. The molecular weight excluding hydrogens is 352 g/mol. The first kappa shape index (κ1) is 19.0. The lowest BCUT2D eigenvalue weighted by Gasteiger charge is -2.27. The second-order valence-electron chi connectivity index (χ2n) is 6.75. The van der Waals surface area contributed by atoms with Crippen LogP contribution in [0.4, 0.5) is 0 Å². The summed E-state index contributed by atoms with van der Waals surface area (Å²) in [6.07, 6.45) is 1.96. The van der Waals surface area contributed by atoms with Gasteiger partial charge >= 0.3 is 5.97 Å². The molecule has 0 radical (unpaired) electrons. The quantitative estimate of drug-likeness (QED) is 0.460. The van der Waals surface area contributed by atoms with Crippen molar-refractivity contribution in [2.75, 3.05) is 13.2 Å². The van der Waals surface area contributed by atoms with Crippen LogP contribution < -0.4 is 10.6 Å². The SMILES string of the molecule is O=C(O)CCOCCCc1cccc2c1C(C1CCC(=O)NC1=O)NC2=O. The van der Waals surface area contributed by atoms with Gasteiger partial charge in [-0.25, -0.2) is 0 Å². The number of carboxylic acid groups (broad SMARTS) is 1. The molecule has 0 aliphatic carbocycles. The summed E-state index contributed by atoms with van der Waals surface area (Å²) in [7, 11) is 0. The molecule has 1 aromatic rings. The molecule has 1 fully saturated rings. The van der Waals surface area contributed by atoms with Crippen molar-refractivity contribution in [3.63, 3.8) is 0 Å². The number of aryl methyl sites for hydroxylation is 1. The first-order chi connectivity index (χ1) is 13.0. The first-order valence-electron chi connectivity index (χ1n) is 9.03. The molecule has 2 unspecified atom stereocenters. The molecule has 0 aromatic heterocycles. The Balaban J connectivity index is 1.69. The van der Waals surface area contributed by atoms with Crippen LogP contribution in [-0.4, -0.2) is 42.0 Å². The molecule has 144 valence electrons. The smallest absolute Gasteiger partial charge is 0.305 e. The Hall–Kier alpha value is -2.74. The van der Waals surface area contributed by atoms with Crippen molar-refractivity contribution >= 4 is 23.7 Å². The summed E-state index contributed by atoms with van der Waals surface area (Å²) >= 11 is 0. The van der Waals surface area contributed by atoms with Gasteiger partial charge < -0.3 is 15.2 Å². The molecule has 8 nitrogen and oxygen atoms in total. The van der Waals surface area contributed by atoms with Crippen LogP contribution in [0, 0.1) is 5.92 Å². The van der Waals surface area contributed by atoms with Crippen molar-refractivity contribution in [3.05, 3.63) is 34.9 Å². The summed E-state index contributed by atoms with van der Waals surface area (Å²) in [4.78, 5) is 46.5. The predicted molar refractivity (Wildman–Crippen MR) is 93.9 cm³/mol. The number of carbonyl (C=O) groups is 4. The standard InChI is InChI=1S/C19H22N2O6/c22-14-7-6-13(19(26)20-14)17-16-11(3-1-5-12(16)18(25)21-17)4-2-9-27-10-8-15(23)24/h1,3,5,13,17H,2,4,6-10H2,(H,21,25)(H,23,24)(H,20,22,26). The topological polar surface area (TPSA) is 122 Å². The van der Waals surface area contributed by atoms with Crippen molar-refractivity contribution in [1.82, 2.24) is 10.6 Å². The molecule has 3 N–H and O–H groups in total. The molecule has 2 atom stereocenters. The van der Waals surface area contributed by atoms with E-state index in [1.54, 1.807) is 6.07 Å². The van der Waals surface area contributed by atoms with E-state index in [1.165, 1.54) is 0 Å². The molecule has 0 bridgehead atoms. The number of aliphatic carboxylic acids is 1. The third-order valence-electron chi connectivity index (χ3n) is 4.92. The second kappa shape index (κ2) is 8.30. The normalized spacial score (nSPS) is 21.6. The first-order valence-corrected chi connectivity index (χ1v) is 9.03. The van der Waals surface area contributed by atoms with E-state index in [9.17, 15) is 19.2 Å². The fourth-order valence-corrected chi connectivity index (χ4v) is 3.64. The number of piperidine rings is 1. The number of nitrogens with one attached hydrogen (secondary N) is 2. The van der Waals surface area contributed by atoms with Gasteiger partial charge in [-0.05, 0) is 36.5 Å². The Morgan fingerprint density at radius 2 is 2.04 bits per heavy atom. The van der Waals surface area contributed by atoms with E-state index in [-0.39, 0.29) is 37.2 Å². The zero-order valence-electron chi connectivity index (χ0n) is 14.8. The number of fused-ring (bicyclic) bond motifs is 1. The Bertz CT molecular complexity index is 775. The van der Waals surface area contributed by atoms with Gasteiger partial charge in [-0.3, -0.25) is 24.5 Å². The van der Waals surface area contributed by atoms with Crippen molar-refractivity contribution in [2.45, 2.75) is 38.1 Å². The monoisotopic (exact) mass is 374 g/mol. The van der Waals surface area contributed by atoms with E-state index in [0.717, 1.165) is 11.1 Å². The third-order valence-corrected chi connectivity index (χ3v) is 4.92. The fourth-order valence-electron chi connectivity index (χ4n) is 3.64. The number of carbonyl (C=O) groups excluding carboxylic acids is 3. The molecule has 1 aromatic carbocycles. The number of amides is 3. The van der Waals surface area contributed by atoms with Crippen LogP contribution in [0.25, 0.3) is 0 Å². The minimum Gasteiger partial charge on any atom is -0.481 e. The highest BCUT2D eigenvalue weighted by molar-refractivity contribution is 6.03. The van der Waals surface area contributed by atoms with Gasteiger partial charge in [0.2, 0.25) is 11.8 Å². The van der Waals surface area contributed by atoms with Gasteiger partial charge in [-0.2, -0.15) is 0 Å².